The molecule has 2 aromatic carbocycles. The Morgan fingerprint density at radius 1 is 1.18 bits per heavy atom. The van der Waals surface area contributed by atoms with Gasteiger partial charge >= 0.3 is 0 Å². The van der Waals surface area contributed by atoms with Gasteiger partial charge in [0, 0.05) is 15.6 Å². The molecule has 2 aromatic rings. The molecule has 0 fully saturated rings. The molecule has 0 bridgehead atoms. The van der Waals surface area contributed by atoms with E-state index in [0.717, 1.165) is 4.90 Å². The minimum atomic E-state index is -1.24. The molecule has 0 unspecified atom stereocenters. The van der Waals surface area contributed by atoms with Crippen molar-refractivity contribution in [3.05, 3.63) is 58.6 Å². The lowest BCUT2D eigenvalue weighted by Crippen LogP contribution is -2.22. The van der Waals surface area contributed by atoms with E-state index < -0.39 is 5.97 Å². The Hall–Kier alpha value is -1.98. The number of benzene rings is 2. The Labute approximate surface area is 137 Å². The highest BCUT2D eigenvalue weighted by molar-refractivity contribution is 8.00. The van der Waals surface area contributed by atoms with Gasteiger partial charge in [-0.1, -0.05) is 17.7 Å². The highest BCUT2D eigenvalue weighted by Gasteiger charge is 2.07. The summed E-state index contributed by atoms with van der Waals surface area (Å²) in [7, 11) is 0. The first-order valence-electron chi connectivity index (χ1n) is 6.46. The quantitative estimate of drug-likeness (QED) is 0.854. The molecule has 4 nitrogen and oxygen atoms in total. The average molecular weight is 335 g/mol. The molecule has 2 rings (SSSR count). The molecule has 0 spiro atoms. The van der Waals surface area contributed by atoms with Crippen molar-refractivity contribution in [1.82, 2.24) is 0 Å². The van der Waals surface area contributed by atoms with Crippen molar-refractivity contribution in [1.29, 1.82) is 0 Å². The Morgan fingerprint density at radius 3 is 2.45 bits per heavy atom. The van der Waals surface area contributed by atoms with Crippen LogP contribution in [0.4, 0.5) is 5.69 Å². The normalized spacial score (nSPS) is 10.3. The largest absolute Gasteiger partial charge is 0.545 e. The summed E-state index contributed by atoms with van der Waals surface area (Å²) < 4.78 is 0. The van der Waals surface area contributed by atoms with Crippen LogP contribution in [-0.4, -0.2) is 17.6 Å². The Morgan fingerprint density at radius 2 is 1.86 bits per heavy atom. The second-order valence-electron chi connectivity index (χ2n) is 4.61. The molecule has 0 saturated carbocycles. The zero-order valence-electron chi connectivity index (χ0n) is 11.8. The third kappa shape index (κ3) is 4.51. The van der Waals surface area contributed by atoms with Gasteiger partial charge in [-0.15, -0.1) is 11.8 Å². The van der Waals surface area contributed by atoms with Gasteiger partial charge in [-0.3, -0.25) is 4.79 Å². The molecule has 0 heterocycles. The summed E-state index contributed by atoms with van der Waals surface area (Å²) in [4.78, 5) is 23.6. The molecule has 1 amide bonds. The van der Waals surface area contributed by atoms with Crippen molar-refractivity contribution >= 4 is 40.9 Å². The van der Waals surface area contributed by atoms with Crippen molar-refractivity contribution in [2.75, 3.05) is 11.1 Å². The zero-order valence-corrected chi connectivity index (χ0v) is 13.3. The topological polar surface area (TPSA) is 69.2 Å². The molecule has 0 atom stereocenters. The SMILES string of the molecule is Cc1cc(C(=O)[O-])ccc1NC(=O)CSc1ccc(Cl)cc1. The third-order valence-corrected chi connectivity index (χ3v) is 4.18. The molecule has 0 radical (unpaired) electrons. The fourth-order valence-corrected chi connectivity index (χ4v) is 2.62. The fourth-order valence-electron chi connectivity index (χ4n) is 1.80. The number of carboxylic acid groups (broad SMARTS) is 1. The van der Waals surface area contributed by atoms with Crippen molar-refractivity contribution < 1.29 is 14.7 Å². The number of aromatic carboxylic acids is 1. The van der Waals surface area contributed by atoms with E-state index in [-0.39, 0.29) is 17.2 Å². The standard InChI is InChI=1S/C16H14ClNO3S/c1-10-8-11(16(20)21)2-7-14(10)18-15(19)9-22-13-5-3-12(17)4-6-13/h2-8H,9H2,1H3,(H,18,19)(H,20,21)/p-1. The molecule has 1 N–H and O–H groups in total. The van der Waals surface area contributed by atoms with Gasteiger partial charge < -0.3 is 15.2 Å². The van der Waals surface area contributed by atoms with Crippen LogP contribution in [0.25, 0.3) is 0 Å². The van der Waals surface area contributed by atoms with Crippen molar-refractivity contribution in [2.24, 2.45) is 0 Å². The van der Waals surface area contributed by atoms with E-state index >= 15 is 0 Å². The number of amides is 1. The van der Waals surface area contributed by atoms with Gasteiger partial charge in [0.05, 0.1) is 11.7 Å². The van der Waals surface area contributed by atoms with Crippen LogP contribution in [0.3, 0.4) is 0 Å². The number of rotatable bonds is 5. The summed E-state index contributed by atoms with van der Waals surface area (Å²) in [6.45, 7) is 1.73. The number of hydrogen-bond donors (Lipinski definition) is 1. The second-order valence-corrected chi connectivity index (χ2v) is 6.09. The van der Waals surface area contributed by atoms with E-state index in [2.05, 4.69) is 5.32 Å². The minimum Gasteiger partial charge on any atom is -0.545 e. The van der Waals surface area contributed by atoms with E-state index in [9.17, 15) is 14.7 Å². The van der Waals surface area contributed by atoms with Crippen LogP contribution in [0.5, 0.6) is 0 Å². The highest BCUT2D eigenvalue weighted by Crippen LogP contribution is 2.21. The van der Waals surface area contributed by atoms with Crippen molar-refractivity contribution in [3.8, 4) is 0 Å². The van der Waals surface area contributed by atoms with Crippen LogP contribution in [0.15, 0.2) is 47.4 Å². The van der Waals surface area contributed by atoms with Crippen molar-refractivity contribution in [2.45, 2.75) is 11.8 Å². The van der Waals surface area contributed by atoms with Gasteiger partial charge in [0.2, 0.25) is 5.91 Å². The molecule has 0 saturated heterocycles. The Bertz CT molecular complexity index is 701. The Kier molecular flexibility index (Phi) is 5.46. The number of carboxylic acids is 1. The average Bonchev–Trinajstić information content (AvgIpc) is 2.48. The predicted molar refractivity (Wildman–Crippen MR) is 86.3 cm³/mol. The maximum atomic E-state index is 11.9. The molecule has 22 heavy (non-hydrogen) atoms. The summed E-state index contributed by atoms with van der Waals surface area (Å²) in [6.07, 6.45) is 0. The maximum absolute atomic E-state index is 11.9. The van der Waals surface area contributed by atoms with E-state index in [4.69, 9.17) is 11.6 Å². The van der Waals surface area contributed by atoms with Crippen LogP contribution >= 0.6 is 23.4 Å². The molecule has 6 heteroatoms. The lowest BCUT2D eigenvalue weighted by atomic mass is 10.1. The molecule has 0 aromatic heterocycles. The van der Waals surface area contributed by atoms with Gasteiger partial charge in [-0.05, 0) is 54.4 Å². The van der Waals surface area contributed by atoms with Crippen molar-refractivity contribution in [3.63, 3.8) is 0 Å². The summed E-state index contributed by atoms with van der Waals surface area (Å²) >= 11 is 7.19. The summed E-state index contributed by atoms with van der Waals surface area (Å²) in [5.41, 5.74) is 1.35. The van der Waals surface area contributed by atoms with Gasteiger partial charge in [0.25, 0.3) is 0 Å². The number of carbonyl (C=O) groups excluding carboxylic acids is 2. The number of hydrogen-bond acceptors (Lipinski definition) is 4. The smallest absolute Gasteiger partial charge is 0.234 e. The van der Waals surface area contributed by atoms with Gasteiger partial charge in [0.15, 0.2) is 0 Å². The maximum Gasteiger partial charge on any atom is 0.234 e. The zero-order chi connectivity index (χ0) is 16.1. The molecular formula is C16H13ClNO3S-. The molecule has 0 aliphatic rings. The van der Waals surface area contributed by atoms with E-state index in [1.807, 2.05) is 12.1 Å². The van der Waals surface area contributed by atoms with Crippen LogP contribution < -0.4 is 10.4 Å². The summed E-state index contributed by atoms with van der Waals surface area (Å²) in [5.74, 6) is -1.15. The first kappa shape index (κ1) is 16.4. The summed E-state index contributed by atoms with van der Waals surface area (Å²) in [5, 5.41) is 14.2. The van der Waals surface area contributed by atoms with Gasteiger partial charge in [0.1, 0.15) is 0 Å². The first-order valence-corrected chi connectivity index (χ1v) is 7.82. The number of aryl methyl sites for hydroxylation is 1. The fraction of sp³-hybridized carbons (Fsp3) is 0.125. The van der Waals surface area contributed by atoms with Crippen LogP contribution in [0.1, 0.15) is 15.9 Å². The van der Waals surface area contributed by atoms with Gasteiger partial charge in [-0.2, -0.15) is 0 Å². The van der Waals surface area contributed by atoms with Crippen LogP contribution in [-0.2, 0) is 4.79 Å². The van der Waals surface area contributed by atoms with Gasteiger partial charge in [-0.25, -0.2) is 0 Å². The monoisotopic (exact) mass is 334 g/mol. The van der Waals surface area contributed by atoms with Crippen LogP contribution in [0.2, 0.25) is 5.02 Å². The molecule has 0 aliphatic heterocycles. The van der Waals surface area contributed by atoms with E-state index in [0.29, 0.717) is 16.3 Å². The predicted octanol–water partition coefficient (Wildman–Crippen LogP) is 2.74. The third-order valence-electron chi connectivity index (χ3n) is 2.92. The summed E-state index contributed by atoms with van der Waals surface area (Å²) in [6, 6.07) is 11.7. The highest BCUT2D eigenvalue weighted by atomic mass is 35.5. The number of carbonyl (C=O) groups is 2. The second kappa shape index (κ2) is 7.33. The van der Waals surface area contributed by atoms with E-state index in [1.54, 1.807) is 25.1 Å². The van der Waals surface area contributed by atoms with Crippen LogP contribution in [0, 0.1) is 6.92 Å². The first-order chi connectivity index (χ1) is 10.5. The van der Waals surface area contributed by atoms with E-state index in [1.165, 1.54) is 23.9 Å². The number of anilines is 1. The minimum absolute atomic E-state index is 0.0889. The number of halogens is 1. The number of thioether (sulfide) groups is 1. The molecule has 0 aliphatic carbocycles. The lowest BCUT2D eigenvalue weighted by molar-refractivity contribution is -0.255. The number of nitrogens with one attached hydrogen (secondary N) is 1. The molecule has 114 valence electrons. The lowest BCUT2D eigenvalue weighted by Gasteiger charge is -2.10. The Balaban J connectivity index is 1.94. The molecular weight excluding hydrogens is 322 g/mol.